The monoisotopic (exact) mass is 333 g/mol. The number of pyridine rings is 1. The maximum atomic E-state index is 12.5. The molecule has 1 aliphatic rings. The number of nitrogens with zero attached hydrogens (tertiary/aromatic N) is 2. The first-order valence-electron chi connectivity index (χ1n) is 8.78. The van der Waals surface area contributed by atoms with Crippen molar-refractivity contribution < 1.29 is 14.7 Å². The number of aromatic nitrogens is 1. The molecule has 2 N–H and O–H groups in total. The topological polar surface area (TPSA) is 82.5 Å². The third-order valence-electron chi connectivity index (χ3n) is 4.55. The molecule has 1 aliphatic carbocycles. The number of amides is 2. The minimum atomic E-state index is -0.720. The van der Waals surface area contributed by atoms with Crippen LogP contribution in [0.2, 0.25) is 0 Å². The van der Waals surface area contributed by atoms with Crippen molar-refractivity contribution >= 4 is 12.0 Å². The Bertz CT molecular complexity index is 528. The average molecular weight is 333 g/mol. The van der Waals surface area contributed by atoms with Crippen LogP contribution in [0.15, 0.2) is 24.4 Å². The van der Waals surface area contributed by atoms with Crippen LogP contribution in [0.3, 0.4) is 0 Å². The second kappa shape index (κ2) is 9.25. The van der Waals surface area contributed by atoms with Gasteiger partial charge in [0.05, 0.1) is 5.92 Å². The van der Waals surface area contributed by atoms with Gasteiger partial charge < -0.3 is 15.3 Å². The minimum absolute atomic E-state index is 0.0495. The van der Waals surface area contributed by atoms with Crippen LogP contribution < -0.4 is 5.32 Å². The van der Waals surface area contributed by atoms with Crippen molar-refractivity contribution in [3.8, 4) is 0 Å². The Morgan fingerprint density at radius 1 is 1.25 bits per heavy atom. The van der Waals surface area contributed by atoms with Crippen LogP contribution in [0.5, 0.6) is 0 Å². The van der Waals surface area contributed by atoms with E-state index in [1.165, 1.54) is 0 Å². The molecule has 6 nitrogen and oxygen atoms in total. The van der Waals surface area contributed by atoms with E-state index in [2.05, 4.69) is 17.2 Å². The zero-order valence-corrected chi connectivity index (χ0v) is 14.3. The number of carbonyl (C=O) groups is 2. The normalized spacial score (nSPS) is 20.4. The standard InChI is InChI=1S/C18H27N3O3/c1-2-12-21(13-10-15-5-3-4-11-19-15)18(24)20-16-8-6-14(7-9-16)17(22)23/h3-5,11,14,16H,2,6-10,12-13H2,1H3,(H,20,24)(H,22,23). The molecular weight excluding hydrogens is 306 g/mol. The van der Waals surface area contributed by atoms with Crippen molar-refractivity contribution in [3.05, 3.63) is 30.1 Å². The maximum Gasteiger partial charge on any atom is 0.317 e. The van der Waals surface area contributed by atoms with Gasteiger partial charge in [0, 0.05) is 37.4 Å². The molecule has 1 saturated carbocycles. The highest BCUT2D eigenvalue weighted by molar-refractivity contribution is 5.74. The molecule has 2 rings (SSSR count). The average Bonchev–Trinajstić information content (AvgIpc) is 2.60. The molecule has 24 heavy (non-hydrogen) atoms. The van der Waals surface area contributed by atoms with Gasteiger partial charge in [-0.05, 0) is 44.2 Å². The number of aliphatic carboxylic acids is 1. The van der Waals surface area contributed by atoms with Gasteiger partial charge in [-0.15, -0.1) is 0 Å². The molecule has 0 unspecified atom stereocenters. The molecule has 0 aromatic carbocycles. The van der Waals surface area contributed by atoms with E-state index >= 15 is 0 Å². The highest BCUT2D eigenvalue weighted by atomic mass is 16.4. The van der Waals surface area contributed by atoms with Crippen molar-refractivity contribution in [2.45, 2.75) is 51.5 Å². The van der Waals surface area contributed by atoms with Gasteiger partial charge >= 0.3 is 12.0 Å². The summed E-state index contributed by atoms with van der Waals surface area (Å²) in [6.07, 6.45) is 6.16. The third-order valence-corrected chi connectivity index (χ3v) is 4.55. The Hall–Kier alpha value is -2.11. The molecule has 1 aromatic rings. The summed E-state index contributed by atoms with van der Waals surface area (Å²) in [4.78, 5) is 29.6. The van der Waals surface area contributed by atoms with E-state index < -0.39 is 5.97 Å². The Balaban J connectivity index is 1.82. The summed E-state index contributed by atoms with van der Waals surface area (Å²) < 4.78 is 0. The Morgan fingerprint density at radius 3 is 2.58 bits per heavy atom. The van der Waals surface area contributed by atoms with E-state index in [0.29, 0.717) is 25.9 Å². The lowest BCUT2D eigenvalue weighted by molar-refractivity contribution is -0.142. The molecular formula is C18H27N3O3. The summed E-state index contributed by atoms with van der Waals surface area (Å²) in [7, 11) is 0. The zero-order chi connectivity index (χ0) is 17.4. The SMILES string of the molecule is CCCN(CCc1ccccn1)C(=O)NC1CCC(C(=O)O)CC1. The Morgan fingerprint density at radius 2 is 2.00 bits per heavy atom. The molecule has 0 saturated heterocycles. The molecule has 0 radical (unpaired) electrons. The summed E-state index contributed by atoms with van der Waals surface area (Å²) >= 11 is 0. The van der Waals surface area contributed by atoms with E-state index in [4.69, 9.17) is 5.11 Å². The fraction of sp³-hybridized carbons (Fsp3) is 0.611. The number of carboxylic acid groups (broad SMARTS) is 1. The molecule has 1 fully saturated rings. The van der Waals surface area contributed by atoms with Crippen LogP contribution >= 0.6 is 0 Å². The fourth-order valence-electron chi connectivity index (χ4n) is 3.13. The van der Waals surface area contributed by atoms with Crippen molar-refractivity contribution in [1.29, 1.82) is 0 Å². The van der Waals surface area contributed by atoms with E-state index in [9.17, 15) is 9.59 Å². The summed E-state index contributed by atoms with van der Waals surface area (Å²) in [6.45, 7) is 3.41. The highest BCUT2D eigenvalue weighted by Gasteiger charge is 2.27. The molecule has 1 heterocycles. The third kappa shape index (κ3) is 5.51. The molecule has 1 aromatic heterocycles. The van der Waals surface area contributed by atoms with Crippen LogP contribution in [0.25, 0.3) is 0 Å². The molecule has 0 aliphatic heterocycles. The smallest absolute Gasteiger partial charge is 0.317 e. The van der Waals surface area contributed by atoms with Crippen LogP contribution in [-0.4, -0.2) is 46.1 Å². The first-order chi connectivity index (χ1) is 11.6. The van der Waals surface area contributed by atoms with Crippen molar-refractivity contribution in [3.63, 3.8) is 0 Å². The van der Waals surface area contributed by atoms with Crippen LogP contribution in [0.1, 0.15) is 44.7 Å². The number of hydrogen-bond donors (Lipinski definition) is 2. The van der Waals surface area contributed by atoms with Crippen LogP contribution in [-0.2, 0) is 11.2 Å². The molecule has 2 amide bonds. The minimum Gasteiger partial charge on any atom is -0.481 e. The molecule has 6 heteroatoms. The fourth-order valence-corrected chi connectivity index (χ4v) is 3.13. The lowest BCUT2D eigenvalue weighted by Crippen LogP contribution is -2.47. The maximum absolute atomic E-state index is 12.5. The summed E-state index contributed by atoms with van der Waals surface area (Å²) in [6, 6.07) is 5.84. The van der Waals surface area contributed by atoms with Gasteiger partial charge in [-0.2, -0.15) is 0 Å². The zero-order valence-electron chi connectivity index (χ0n) is 14.3. The van der Waals surface area contributed by atoms with Crippen molar-refractivity contribution in [2.24, 2.45) is 5.92 Å². The van der Waals surface area contributed by atoms with E-state index in [1.54, 1.807) is 6.20 Å². The van der Waals surface area contributed by atoms with Gasteiger partial charge in [0.25, 0.3) is 0 Å². The van der Waals surface area contributed by atoms with Crippen LogP contribution in [0, 0.1) is 5.92 Å². The summed E-state index contributed by atoms with van der Waals surface area (Å²) in [5, 5.41) is 12.1. The molecule has 0 spiro atoms. The highest BCUT2D eigenvalue weighted by Crippen LogP contribution is 2.24. The van der Waals surface area contributed by atoms with E-state index in [-0.39, 0.29) is 18.0 Å². The lowest BCUT2D eigenvalue weighted by atomic mass is 9.86. The number of carboxylic acids is 1. The van der Waals surface area contributed by atoms with Crippen LogP contribution in [0.4, 0.5) is 4.79 Å². The van der Waals surface area contributed by atoms with E-state index in [0.717, 1.165) is 31.4 Å². The Kier molecular flexibility index (Phi) is 7.03. The van der Waals surface area contributed by atoms with Crippen molar-refractivity contribution in [1.82, 2.24) is 15.2 Å². The number of hydrogen-bond acceptors (Lipinski definition) is 3. The first kappa shape index (κ1) is 18.2. The summed E-state index contributed by atoms with van der Waals surface area (Å²) in [5.41, 5.74) is 0.980. The van der Waals surface area contributed by atoms with Gasteiger partial charge in [-0.25, -0.2) is 4.79 Å². The number of urea groups is 1. The quantitative estimate of drug-likeness (QED) is 0.804. The second-order valence-electron chi connectivity index (χ2n) is 6.39. The predicted octanol–water partition coefficient (Wildman–Crippen LogP) is 2.69. The predicted molar refractivity (Wildman–Crippen MR) is 91.7 cm³/mol. The number of nitrogens with one attached hydrogen (secondary N) is 1. The van der Waals surface area contributed by atoms with Gasteiger partial charge in [0.1, 0.15) is 0 Å². The van der Waals surface area contributed by atoms with E-state index in [1.807, 2.05) is 23.1 Å². The lowest BCUT2D eigenvalue weighted by Gasteiger charge is -2.30. The van der Waals surface area contributed by atoms with Gasteiger partial charge in [-0.1, -0.05) is 13.0 Å². The van der Waals surface area contributed by atoms with Crippen molar-refractivity contribution in [2.75, 3.05) is 13.1 Å². The van der Waals surface area contributed by atoms with Gasteiger partial charge in [0.2, 0.25) is 0 Å². The number of carbonyl (C=O) groups excluding carboxylic acids is 1. The van der Waals surface area contributed by atoms with Gasteiger partial charge in [-0.3, -0.25) is 9.78 Å². The Labute approximate surface area is 143 Å². The summed E-state index contributed by atoms with van der Waals surface area (Å²) in [5.74, 6) is -0.975. The first-order valence-corrected chi connectivity index (χ1v) is 8.78. The second-order valence-corrected chi connectivity index (χ2v) is 6.39. The molecule has 132 valence electrons. The largest absolute Gasteiger partial charge is 0.481 e. The van der Waals surface area contributed by atoms with Gasteiger partial charge in [0.15, 0.2) is 0 Å². The molecule has 0 atom stereocenters. The number of rotatable bonds is 7. The molecule has 0 bridgehead atoms.